The molecule has 2 rings (SSSR count). The molecule has 0 N–H and O–H groups in total. The molecule has 0 fully saturated rings. The smallest absolute Gasteiger partial charge is 0.277 e. The third-order valence-corrected chi connectivity index (χ3v) is 3.94. The summed E-state index contributed by atoms with van der Waals surface area (Å²) >= 11 is 5.06. The van der Waals surface area contributed by atoms with Gasteiger partial charge in [0.25, 0.3) is 0 Å². The van der Waals surface area contributed by atoms with E-state index in [0.717, 1.165) is 9.35 Å². The summed E-state index contributed by atoms with van der Waals surface area (Å²) in [5, 5.41) is 5.99. The van der Waals surface area contributed by atoms with Crippen LogP contribution >= 0.6 is 27.3 Å². The largest absolute Gasteiger partial charge is 0.346 e. The van der Waals surface area contributed by atoms with Crippen molar-refractivity contribution in [3.8, 4) is 0 Å². The molecule has 2 heterocycles. The topological polar surface area (TPSA) is 39.8 Å². The van der Waals surface area contributed by atoms with Gasteiger partial charge in [0.05, 0.1) is 10.3 Å². The van der Waals surface area contributed by atoms with Gasteiger partial charge in [-0.1, -0.05) is 0 Å². The Morgan fingerprint density at radius 2 is 2.40 bits per heavy atom. The molecule has 0 saturated carbocycles. The molecule has 0 saturated heterocycles. The predicted molar refractivity (Wildman–Crippen MR) is 63.3 cm³/mol. The lowest BCUT2D eigenvalue weighted by Gasteiger charge is -1.98. The molecule has 0 aliphatic rings. The Labute approximate surface area is 99.3 Å². The maximum Gasteiger partial charge on any atom is 0.346 e. The normalized spacial score (nSPS) is 10.8. The van der Waals surface area contributed by atoms with Gasteiger partial charge in [0.15, 0.2) is 0 Å². The molecule has 0 unspecified atom stereocenters. The van der Waals surface area contributed by atoms with Crippen molar-refractivity contribution in [1.82, 2.24) is 14.3 Å². The fourth-order valence-corrected chi connectivity index (χ4v) is 2.53. The number of rotatable bonds is 3. The fraction of sp³-hybridized carbons (Fsp3) is 0.333. The highest BCUT2D eigenvalue weighted by molar-refractivity contribution is 9.11. The second-order valence-electron chi connectivity index (χ2n) is 3.08. The van der Waals surface area contributed by atoms with Crippen molar-refractivity contribution in [3.05, 3.63) is 37.6 Å². The zero-order valence-electron chi connectivity index (χ0n) is 8.18. The molecule has 0 bridgehead atoms. The van der Waals surface area contributed by atoms with Crippen LogP contribution in [0.3, 0.4) is 0 Å². The summed E-state index contributed by atoms with van der Waals surface area (Å²) in [6, 6.07) is 2.00. The molecular weight excluding hydrogens is 278 g/mol. The highest BCUT2D eigenvalue weighted by Crippen LogP contribution is 2.23. The molecule has 80 valence electrons. The molecule has 2 aromatic heterocycles. The SMILES string of the molecule is CCn1ncn(Cc2ccsc2Br)c1=O. The number of aryl methyl sites for hydroxylation is 1. The predicted octanol–water partition coefficient (Wildman–Crippen LogP) is 1.94. The Hall–Kier alpha value is -0.880. The first-order valence-corrected chi connectivity index (χ1v) is 6.23. The summed E-state index contributed by atoms with van der Waals surface area (Å²) in [5.41, 5.74) is 1.05. The Balaban J connectivity index is 2.29. The van der Waals surface area contributed by atoms with Crippen LogP contribution in [0, 0.1) is 0 Å². The number of hydrogen-bond donors (Lipinski definition) is 0. The third kappa shape index (κ3) is 2.05. The lowest BCUT2D eigenvalue weighted by molar-refractivity contribution is 0.616. The first-order chi connectivity index (χ1) is 7.22. The van der Waals surface area contributed by atoms with E-state index in [2.05, 4.69) is 21.0 Å². The van der Waals surface area contributed by atoms with E-state index in [4.69, 9.17) is 0 Å². The highest BCUT2D eigenvalue weighted by Gasteiger charge is 2.06. The van der Waals surface area contributed by atoms with Crippen molar-refractivity contribution in [2.45, 2.75) is 20.0 Å². The summed E-state index contributed by atoms with van der Waals surface area (Å²) in [7, 11) is 0. The quantitative estimate of drug-likeness (QED) is 0.866. The second kappa shape index (κ2) is 4.32. The van der Waals surface area contributed by atoms with E-state index in [-0.39, 0.29) is 5.69 Å². The highest BCUT2D eigenvalue weighted by atomic mass is 79.9. The maximum atomic E-state index is 11.7. The van der Waals surface area contributed by atoms with E-state index in [1.54, 1.807) is 22.2 Å². The summed E-state index contributed by atoms with van der Waals surface area (Å²) in [5.74, 6) is 0. The van der Waals surface area contributed by atoms with E-state index in [9.17, 15) is 4.79 Å². The van der Waals surface area contributed by atoms with Crippen molar-refractivity contribution in [2.75, 3.05) is 0 Å². The lowest BCUT2D eigenvalue weighted by atomic mass is 10.3. The molecule has 0 aliphatic heterocycles. The van der Waals surface area contributed by atoms with Gasteiger partial charge in [-0.15, -0.1) is 11.3 Å². The average Bonchev–Trinajstić information content (AvgIpc) is 2.77. The van der Waals surface area contributed by atoms with E-state index < -0.39 is 0 Å². The van der Waals surface area contributed by atoms with Crippen LogP contribution < -0.4 is 5.69 Å². The molecular formula is C9H10BrN3OS. The van der Waals surface area contributed by atoms with Gasteiger partial charge in [0.2, 0.25) is 0 Å². The number of nitrogens with zero attached hydrogens (tertiary/aromatic N) is 3. The Morgan fingerprint density at radius 3 is 2.93 bits per heavy atom. The van der Waals surface area contributed by atoms with Gasteiger partial charge >= 0.3 is 5.69 Å². The van der Waals surface area contributed by atoms with Gasteiger partial charge in [-0.2, -0.15) is 5.10 Å². The van der Waals surface area contributed by atoms with Crippen LogP contribution in [-0.4, -0.2) is 14.3 Å². The minimum absolute atomic E-state index is 0.0596. The molecule has 0 amide bonds. The van der Waals surface area contributed by atoms with E-state index in [0.29, 0.717) is 13.1 Å². The number of thiophene rings is 1. The minimum atomic E-state index is -0.0596. The molecule has 4 nitrogen and oxygen atoms in total. The molecule has 0 radical (unpaired) electrons. The van der Waals surface area contributed by atoms with Crippen LogP contribution in [0.15, 0.2) is 26.4 Å². The fourth-order valence-electron chi connectivity index (χ4n) is 1.31. The zero-order valence-corrected chi connectivity index (χ0v) is 10.6. The van der Waals surface area contributed by atoms with E-state index in [1.807, 2.05) is 18.4 Å². The molecule has 0 atom stereocenters. The summed E-state index contributed by atoms with van der Waals surface area (Å²) < 4.78 is 4.12. The first kappa shape index (κ1) is 10.6. The van der Waals surface area contributed by atoms with Crippen LogP contribution in [0.2, 0.25) is 0 Å². The van der Waals surface area contributed by atoms with Crippen LogP contribution in [-0.2, 0) is 13.1 Å². The number of aromatic nitrogens is 3. The summed E-state index contributed by atoms with van der Waals surface area (Å²) in [6.45, 7) is 3.08. The van der Waals surface area contributed by atoms with Crippen LogP contribution in [0.1, 0.15) is 12.5 Å². The van der Waals surface area contributed by atoms with E-state index >= 15 is 0 Å². The monoisotopic (exact) mass is 287 g/mol. The summed E-state index contributed by atoms with van der Waals surface area (Å²) in [4.78, 5) is 11.7. The molecule has 2 aromatic rings. The van der Waals surface area contributed by atoms with Crippen LogP contribution in [0.25, 0.3) is 0 Å². The average molecular weight is 288 g/mol. The number of halogens is 1. The lowest BCUT2D eigenvalue weighted by Crippen LogP contribution is -2.24. The Kier molecular flexibility index (Phi) is 3.06. The molecule has 0 aliphatic carbocycles. The van der Waals surface area contributed by atoms with E-state index in [1.165, 1.54) is 4.68 Å². The first-order valence-electron chi connectivity index (χ1n) is 4.56. The number of hydrogen-bond acceptors (Lipinski definition) is 3. The Bertz CT molecular complexity index is 513. The van der Waals surface area contributed by atoms with Gasteiger partial charge in [-0.3, -0.25) is 4.57 Å². The minimum Gasteiger partial charge on any atom is -0.277 e. The molecule has 15 heavy (non-hydrogen) atoms. The van der Waals surface area contributed by atoms with Crippen LogP contribution in [0.5, 0.6) is 0 Å². The summed E-state index contributed by atoms with van der Waals surface area (Å²) in [6.07, 6.45) is 1.58. The van der Waals surface area contributed by atoms with Crippen LogP contribution in [0.4, 0.5) is 0 Å². The molecule has 0 spiro atoms. The second-order valence-corrected chi connectivity index (χ2v) is 5.31. The van der Waals surface area contributed by atoms with Crippen molar-refractivity contribution in [3.63, 3.8) is 0 Å². The van der Waals surface area contributed by atoms with Crippen molar-refractivity contribution in [1.29, 1.82) is 0 Å². The zero-order chi connectivity index (χ0) is 10.8. The van der Waals surface area contributed by atoms with Gasteiger partial charge in [-0.25, -0.2) is 9.48 Å². The Morgan fingerprint density at radius 1 is 1.60 bits per heavy atom. The standard InChI is InChI=1S/C9H10BrN3OS/c1-2-13-9(14)12(6-11-13)5-7-3-4-15-8(7)10/h3-4,6H,2,5H2,1H3. The van der Waals surface area contributed by atoms with Crippen molar-refractivity contribution in [2.24, 2.45) is 0 Å². The van der Waals surface area contributed by atoms with Gasteiger partial charge in [0, 0.05) is 6.54 Å². The van der Waals surface area contributed by atoms with Gasteiger partial charge in [0.1, 0.15) is 6.33 Å². The maximum absolute atomic E-state index is 11.7. The van der Waals surface area contributed by atoms with Gasteiger partial charge in [-0.05, 0) is 39.9 Å². The van der Waals surface area contributed by atoms with Crippen molar-refractivity contribution < 1.29 is 0 Å². The third-order valence-electron chi connectivity index (χ3n) is 2.13. The molecule has 0 aromatic carbocycles. The van der Waals surface area contributed by atoms with Gasteiger partial charge < -0.3 is 0 Å². The molecule has 6 heteroatoms. The van der Waals surface area contributed by atoms with Crippen molar-refractivity contribution >= 4 is 27.3 Å².